The van der Waals surface area contributed by atoms with Gasteiger partial charge in [0.2, 0.25) is 0 Å². The largest absolute Gasteiger partial charge is 0.354 e. The van der Waals surface area contributed by atoms with Crippen LogP contribution in [0.5, 0.6) is 0 Å². The minimum atomic E-state index is -0.00883. The first-order valence-corrected chi connectivity index (χ1v) is 10.5. The molecule has 0 radical (unpaired) electrons. The topological polar surface area (TPSA) is 80.4 Å². The van der Waals surface area contributed by atoms with Gasteiger partial charge in [0, 0.05) is 56.7 Å². The Kier molecular flexibility index (Phi) is 5.71. The number of hydrogen-bond acceptors (Lipinski definition) is 5. The SMILES string of the molecule is Cc1n[nH]c(C)c1[C@@H]1CCCN1C(=O)NCc1ccnc(N2CCN(C)CC2)c1. The van der Waals surface area contributed by atoms with Crippen molar-refractivity contribution in [1.29, 1.82) is 0 Å². The van der Waals surface area contributed by atoms with Gasteiger partial charge >= 0.3 is 6.03 Å². The zero-order chi connectivity index (χ0) is 20.4. The van der Waals surface area contributed by atoms with Gasteiger partial charge in [0.25, 0.3) is 0 Å². The van der Waals surface area contributed by atoms with E-state index in [-0.39, 0.29) is 12.1 Å². The molecule has 2 aromatic heterocycles. The number of nitrogens with zero attached hydrogens (tertiary/aromatic N) is 5. The van der Waals surface area contributed by atoms with Gasteiger partial charge in [0.1, 0.15) is 5.82 Å². The monoisotopic (exact) mass is 397 g/mol. The van der Waals surface area contributed by atoms with E-state index in [4.69, 9.17) is 0 Å². The first-order chi connectivity index (χ1) is 14.0. The van der Waals surface area contributed by atoms with E-state index in [1.165, 1.54) is 5.56 Å². The van der Waals surface area contributed by atoms with E-state index in [2.05, 4.69) is 43.4 Å². The number of piperazine rings is 1. The molecule has 0 spiro atoms. The number of rotatable bonds is 4. The van der Waals surface area contributed by atoms with Crippen molar-refractivity contribution in [2.75, 3.05) is 44.7 Å². The van der Waals surface area contributed by atoms with Gasteiger partial charge in [-0.05, 0) is 51.4 Å². The van der Waals surface area contributed by atoms with E-state index >= 15 is 0 Å². The molecule has 156 valence electrons. The standard InChI is InChI=1S/C21H31N7O/c1-15-20(16(2)25-24-15)18-5-4-8-28(18)21(29)23-14-17-6-7-22-19(13-17)27-11-9-26(3)10-12-27/h6-7,13,18H,4-5,8-12,14H2,1-3H3,(H,23,29)(H,24,25)/t18-/m0/s1. The second kappa shape index (κ2) is 8.41. The predicted octanol–water partition coefficient (Wildman–Crippen LogP) is 2.22. The molecule has 2 aliphatic heterocycles. The van der Waals surface area contributed by atoms with Crippen LogP contribution >= 0.6 is 0 Å². The van der Waals surface area contributed by atoms with Gasteiger partial charge in [0.15, 0.2) is 0 Å². The summed E-state index contributed by atoms with van der Waals surface area (Å²) in [5, 5.41) is 10.5. The molecule has 2 fully saturated rings. The molecule has 4 heterocycles. The fourth-order valence-corrected chi connectivity index (χ4v) is 4.42. The molecule has 2 aliphatic rings. The second-order valence-corrected chi connectivity index (χ2v) is 8.17. The highest BCUT2D eigenvalue weighted by Gasteiger charge is 2.32. The van der Waals surface area contributed by atoms with Crippen molar-refractivity contribution in [1.82, 2.24) is 30.3 Å². The molecule has 2 aromatic rings. The predicted molar refractivity (Wildman–Crippen MR) is 113 cm³/mol. The quantitative estimate of drug-likeness (QED) is 0.827. The third-order valence-corrected chi connectivity index (χ3v) is 6.11. The zero-order valence-electron chi connectivity index (χ0n) is 17.6. The van der Waals surface area contributed by atoms with Gasteiger partial charge in [-0.25, -0.2) is 9.78 Å². The number of carbonyl (C=O) groups is 1. The van der Waals surface area contributed by atoms with Crippen molar-refractivity contribution in [3.63, 3.8) is 0 Å². The fourth-order valence-electron chi connectivity index (χ4n) is 4.42. The van der Waals surface area contributed by atoms with Crippen molar-refractivity contribution in [3.8, 4) is 0 Å². The minimum absolute atomic E-state index is 0.00883. The molecule has 0 saturated carbocycles. The summed E-state index contributed by atoms with van der Waals surface area (Å²) in [5.41, 5.74) is 4.28. The summed E-state index contributed by atoms with van der Waals surface area (Å²) in [6.07, 6.45) is 3.84. The van der Waals surface area contributed by atoms with E-state index in [0.717, 1.165) is 68.3 Å². The molecule has 2 saturated heterocycles. The first kappa shape index (κ1) is 19.7. The number of carbonyl (C=O) groups excluding carboxylic acids is 1. The molecule has 29 heavy (non-hydrogen) atoms. The molecular weight excluding hydrogens is 366 g/mol. The number of amides is 2. The Morgan fingerprint density at radius 1 is 1.24 bits per heavy atom. The van der Waals surface area contributed by atoms with E-state index in [1.54, 1.807) is 0 Å². The summed E-state index contributed by atoms with van der Waals surface area (Å²) in [4.78, 5) is 24.0. The average molecular weight is 398 g/mol. The Bertz CT molecular complexity index is 837. The lowest BCUT2D eigenvalue weighted by Crippen LogP contribution is -2.44. The van der Waals surface area contributed by atoms with Crippen molar-refractivity contribution < 1.29 is 4.79 Å². The summed E-state index contributed by atoms with van der Waals surface area (Å²) in [5.74, 6) is 0.994. The number of aryl methyl sites for hydroxylation is 2. The zero-order valence-corrected chi connectivity index (χ0v) is 17.6. The number of pyridine rings is 1. The number of aromatic amines is 1. The lowest BCUT2D eigenvalue weighted by molar-refractivity contribution is 0.192. The lowest BCUT2D eigenvalue weighted by Gasteiger charge is -2.33. The van der Waals surface area contributed by atoms with Crippen LogP contribution in [0.25, 0.3) is 0 Å². The van der Waals surface area contributed by atoms with Crippen LogP contribution in [0.4, 0.5) is 10.6 Å². The third-order valence-electron chi connectivity index (χ3n) is 6.11. The molecule has 2 N–H and O–H groups in total. The highest BCUT2D eigenvalue weighted by atomic mass is 16.2. The van der Waals surface area contributed by atoms with Crippen LogP contribution in [0.3, 0.4) is 0 Å². The van der Waals surface area contributed by atoms with E-state index in [0.29, 0.717) is 6.54 Å². The van der Waals surface area contributed by atoms with Crippen LogP contribution in [0, 0.1) is 13.8 Å². The van der Waals surface area contributed by atoms with E-state index in [1.807, 2.05) is 31.0 Å². The van der Waals surface area contributed by atoms with E-state index in [9.17, 15) is 4.79 Å². The normalized spacial score (nSPS) is 20.3. The maximum absolute atomic E-state index is 12.9. The summed E-state index contributed by atoms with van der Waals surface area (Å²) < 4.78 is 0. The summed E-state index contributed by atoms with van der Waals surface area (Å²) >= 11 is 0. The van der Waals surface area contributed by atoms with Crippen LogP contribution < -0.4 is 10.2 Å². The molecule has 0 aromatic carbocycles. The highest BCUT2D eigenvalue weighted by Crippen LogP contribution is 2.34. The number of H-pyrrole nitrogens is 1. The van der Waals surface area contributed by atoms with Crippen molar-refractivity contribution >= 4 is 11.8 Å². The minimum Gasteiger partial charge on any atom is -0.354 e. The third kappa shape index (κ3) is 4.22. The Morgan fingerprint density at radius 2 is 2.03 bits per heavy atom. The highest BCUT2D eigenvalue weighted by molar-refractivity contribution is 5.75. The van der Waals surface area contributed by atoms with Gasteiger partial charge in [0.05, 0.1) is 11.7 Å². The number of nitrogens with one attached hydrogen (secondary N) is 2. The van der Waals surface area contributed by atoms with E-state index < -0.39 is 0 Å². The molecule has 4 rings (SSSR count). The maximum Gasteiger partial charge on any atom is 0.318 e. The van der Waals surface area contributed by atoms with Gasteiger partial charge < -0.3 is 20.0 Å². The maximum atomic E-state index is 12.9. The summed E-state index contributed by atoms with van der Waals surface area (Å²) in [6, 6.07) is 4.17. The number of likely N-dealkylation sites (tertiary alicyclic amines) is 1. The summed E-state index contributed by atoms with van der Waals surface area (Å²) in [6.45, 7) is 9.39. The van der Waals surface area contributed by atoms with Crippen LogP contribution in [0.2, 0.25) is 0 Å². The number of aromatic nitrogens is 3. The molecule has 0 unspecified atom stereocenters. The average Bonchev–Trinajstić information content (AvgIpc) is 3.33. The van der Waals surface area contributed by atoms with Gasteiger partial charge in [-0.3, -0.25) is 5.10 Å². The molecule has 0 aliphatic carbocycles. The Hall–Kier alpha value is -2.61. The van der Waals surface area contributed by atoms with Crippen LogP contribution in [-0.4, -0.2) is 70.8 Å². The van der Waals surface area contributed by atoms with Gasteiger partial charge in [-0.2, -0.15) is 5.10 Å². The number of anilines is 1. The molecule has 2 amide bonds. The molecular formula is C21H31N7O. The van der Waals surface area contributed by atoms with Crippen molar-refractivity contribution in [2.45, 2.75) is 39.3 Å². The fraction of sp³-hybridized carbons (Fsp3) is 0.571. The molecule has 8 heteroatoms. The van der Waals surface area contributed by atoms with Crippen LogP contribution in [0.1, 0.15) is 41.4 Å². The van der Waals surface area contributed by atoms with Gasteiger partial charge in [-0.15, -0.1) is 0 Å². The number of likely N-dealkylation sites (N-methyl/N-ethyl adjacent to an activating group) is 1. The Labute approximate surface area is 172 Å². The Balaban J connectivity index is 1.39. The smallest absolute Gasteiger partial charge is 0.318 e. The molecule has 0 bridgehead atoms. The first-order valence-electron chi connectivity index (χ1n) is 10.5. The van der Waals surface area contributed by atoms with Crippen molar-refractivity contribution in [3.05, 3.63) is 40.8 Å². The second-order valence-electron chi connectivity index (χ2n) is 8.17. The lowest BCUT2D eigenvalue weighted by atomic mass is 10.0. The molecule has 8 nitrogen and oxygen atoms in total. The van der Waals surface area contributed by atoms with Gasteiger partial charge in [-0.1, -0.05) is 0 Å². The number of urea groups is 1. The van der Waals surface area contributed by atoms with Crippen LogP contribution in [0.15, 0.2) is 18.3 Å². The Morgan fingerprint density at radius 3 is 2.76 bits per heavy atom. The van der Waals surface area contributed by atoms with Crippen molar-refractivity contribution in [2.24, 2.45) is 0 Å². The molecule has 1 atom stereocenters. The number of hydrogen-bond donors (Lipinski definition) is 2. The van der Waals surface area contributed by atoms with Crippen LogP contribution in [-0.2, 0) is 6.54 Å². The summed E-state index contributed by atoms with van der Waals surface area (Å²) in [7, 11) is 2.15.